The molecule has 3 amide bonds. The van der Waals surface area contributed by atoms with Gasteiger partial charge in [-0.2, -0.15) is 0 Å². The number of hydrogen-bond acceptors (Lipinski definition) is 5. The number of benzene rings is 3. The molecule has 0 aliphatic heterocycles. The Morgan fingerprint density at radius 2 is 1.58 bits per heavy atom. The van der Waals surface area contributed by atoms with Crippen LogP contribution in [0.2, 0.25) is 0 Å². The van der Waals surface area contributed by atoms with Crippen molar-refractivity contribution in [2.75, 3.05) is 23.8 Å². The summed E-state index contributed by atoms with van der Waals surface area (Å²) in [5.41, 5.74) is 2.37. The lowest BCUT2D eigenvalue weighted by Crippen LogP contribution is -2.28. The van der Waals surface area contributed by atoms with Gasteiger partial charge in [0, 0.05) is 18.3 Å². The smallest absolute Gasteiger partial charge is 0.291 e. The Bertz CT molecular complexity index is 1320. The molecule has 0 saturated heterocycles. The molecule has 0 saturated carbocycles. The molecule has 36 heavy (non-hydrogen) atoms. The van der Waals surface area contributed by atoms with Gasteiger partial charge in [-0.15, -0.1) is 0 Å². The predicted molar refractivity (Wildman–Crippen MR) is 136 cm³/mol. The second-order valence-corrected chi connectivity index (χ2v) is 7.83. The highest BCUT2D eigenvalue weighted by Gasteiger charge is 2.14. The molecule has 1 aromatic heterocycles. The molecule has 4 rings (SSSR count). The zero-order chi connectivity index (χ0) is 25.2. The van der Waals surface area contributed by atoms with Crippen LogP contribution in [0.5, 0.6) is 5.75 Å². The van der Waals surface area contributed by atoms with Gasteiger partial charge < -0.3 is 25.1 Å². The fourth-order valence-corrected chi connectivity index (χ4v) is 3.45. The summed E-state index contributed by atoms with van der Waals surface area (Å²) >= 11 is 0. The lowest BCUT2D eigenvalue weighted by atomic mass is 10.1. The van der Waals surface area contributed by atoms with Crippen molar-refractivity contribution in [1.82, 2.24) is 5.32 Å². The van der Waals surface area contributed by atoms with E-state index in [2.05, 4.69) is 16.0 Å². The molecular formula is C28H25N3O5. The zero-order valence-corrected chi connectivity index (χ0v) is 19.4. The molecule has 0 unspecified atom stereocenters. The average Bonchev–Trinajstić information content (AvgIpc) is 3.44. The lowest BCUT2D eigenvalue weighted by molar-refractivity contribution is -0.118. The van der Waals surface area contributed by atoms with Crippen LogP contribution in [0.1, 0.15) is 26.5 Å². The van der Waals surface area contributed by atoms with E-state index in [1.54, 1.807) is 60.7 Å². The highest BCUT2D eigenvalue weighted by molar-refractivity contribution is 6.04. The minimum atomic E-state index is -0.426. The highest BCUT2D eigenvalue weighted by atomic mass is 16.5. The van der Waals surface area contributed by atoms with E-state index in [1.807, 2.05) is 30.3 Å². The van der Waals surface area contributed by atoms with Crippen molar-refractivity contribution in [2.24, 2.45) is 0 Å². The molecule has 3 N–H and O–H groups in total. The maximum Gasteiger partial charge on any atom is 0.291 e. The fourth-order valence-electron chi connectivity index (χ4n) is 3.45. The molecule has 0 radical (unpaired) electrons. The quantitative estimate of drug-likeness (QED) is 0.307. The SMILES string of the molecule is O=C(COc1cccc(NC(=O)c2ccco2)c1)Nc1ccccc1C(=O)NCCc1ccccc1. The largest absolute Gasteiger partial charge is 0.484 e. The number of nitrogens with one attached hydrogen (secondary N) is 3. The van der Waals surface area contributed by atoms with Gasteiger partial charge in [-0.05, 0) is 48.4 Å². The third-order valence-electron chi connectivity index (χ3n) is 5.19. The number of hydrogen-bond donors (Lipinski definition) is 3. The van der Waals surface area contributed by atoms with E-state index < -0.39 is 11.8 Å². The summed E-state index contributed by atoms with van der Waals surface area (Å²) in [6, 6.07) is 26.5. The Balaban J connectivity index is 1.29. The third kappa shape index (κ3) is 6.83. The number of para-hydroxylation sites is 1. The van der Waals surface area contributed by atoms with Crippen LogP contribution in [0.25, 0.3) is 0 Å². The van der Waals surface area contributed by atoms with E-state index in [4.69, 9.17) is 9.15 Å². The van der Waals surface area contributed by atoms with Gasteiger partial charge in [0.25, 0.3) is 17.7 Å². The first-order valence-corrected chi connectivity index (χ1v) is 11.4. The first-order valence-electron chi connectivity index (χ1n) is 11.4. The maximum absolute atomic E-state index is 12.7. The zero-order valence-electron chi connectivity index (χ0n) is 19.4. The van der Waals surface area contributed by atoms with Gasteiger partial charge in [0.1, 0.15) is 5.75 Å². The summed E-state index contributed by atoms with van der Waals surface area (Å²) in [6.45, 7) is 0.195. The molecule has 8 heteroatoms. The maximum atomic E-state index is 12.7. The van der Waals surface area contributed by atoms with Crippen molar-refractivity contribution in [1.29, 1.82) is 0 Å². The molecule has 0 aliphatic rings. The monoisotopic (exact) mass is 483 g/mol. The standard InChI is InChI=1S/C28H25N3O5/c32-26(19-36-22-11-6-10-21(18-22)30-28(34)25-14-7-17-35-25)31-24-13-5-4-12-23(24)27(33)29-16-15-20-8-2-1-3-9-20/h1-14,17-18H,15-16,19H2,(H,29,33)(H,30,34)(H,31,32). The van der Waals surface area contributed by atoms with Gasteiger partial charge in [0.05, 0.1) is 17.5 Å². The van der Waals surface area contributed by atoms with Gasteiger partial charge in [-0.3, -0.25) is 14.4 Å². The summed E-state index contributed by atoms with van der Waals surface area (Å²) in [7, 11) is 0. The van der Waals surface area contributed by atoms with Gasteiger partial charge in [-0.25, -0.2) is 0 Å². The van der Waals surface area contributed by atoms with Crippen LogP contribution in [0.15, 0.2) is 102 Å². The summed E-state index contributed by atoms with van der Waals surface area (Å²) in [5, 5.41) is 8.32. The molecular weight excluding hydrogens is 458 g/mol. The first-order chi connectivity index (χ1) is 17.6. The van der Waals surface area contributed by atoms with Crippen molar-refractivity contribution in [3.8, 4) is 5.75 Å². The van der Waals surface area contributed by atoms with Crippen LogP contribution in [-0.2, 0) is 11.2 Å². The molecule has 0 spiro atoms. The number of anilines is 2. The number of amides is 3. The Labute approximate surface area is 208 Å². The second-order valence-electron chi connectivity index (χ2n) is 7.83. The first kappa shape index (κ1) is 24.3. The van der Waals surface area contributed by atoms with E-state index in [0.717, 1.165) is 5.56 Å². The van der Waals surface area contributed by atoms with Crippen LogP contribution in [0.4, 0.5) is 11.4 Å². The van der Waals surface area contributed by atoms with Crippen LogP contribution in [-0.4, -0.2) is 30.9 Å². The number of furan rings is 1. The van der Waals surface area contributed by atoms with Crippen LogP contribution in [0, 0.1) is 0 Å². The van der Waals surface area contributed by atoms with Crippen molar-refractivity contribution in [3.05, 3.63) is 114 Å². The third-order valence-corrected chi connectivity index (χ3v) is 5.19. The topological polar surface area (TPSA) is 110 Å². The summed E-state index contributed by atoms with van der Waals surface area (Å²) in [5.74, 6) is -0.515. The molecule has 0 bridgehead atoms. The molecule has 4 aromatic rings. The van der Waals surface area contributed by atoms with Gasteiger partial charge in [-0.1, -0.05) is 48.5 Å². The predicted octanol–water partition coefficient (Wildman–Crippen LogP) is 4.52. The Morgan fingerprint density at radius 3 is 2.39 bits per heavy atom. The Hall–Kier alpha value is -4.85. The van der Waals surface area contributed by atoms with Crippen molar-refractivity contribution in [3.63, 3.8) is 0 Å². The van der Waals surface area contributed by atoms with E-state index in [-0.39, 0.29) is 18.3 Å². The molecule has 1 heterocycles. The molecule has 0 atom stereocenters. The highest BCUT2D eigenvalue weighted by Crippen LogP contribution is 2.19. The van der Waals surface area contributed by atoms with Crippen molar-refractivity contribution < 1.29 is 23.5 Å². The second kappa shape index (κ2) is 12.0. The van der Waals surface area contributed by atoms with Gasteiger partial charge >= 0.3 is 0 Å². The lowest BCUT2D eigenvalue weighted by Gasteiger charge is -2.12. The van der Waals surface area contributed by atoms with Crippen molar-refractivity contribution >= 4 is 29.1 Å². The van der Waals surface area contributed by atoms with E-state index in [0.29, 0.717) is 35.7 Å². The minimum absolute atomic E-state index is 0.184. The van der Waals surface area contributed by atoms with E-state index in [9.17, 15) is 14.4 Å². The number of carbonyl (C=O) groups is 3. The molecule has 8 nitrogen and oxygen atoms in total. The van der Waals surface area contributed by atoms with Gasteiger partial charge in [0.15, 0.2) is 12.4 Å². The summed E-state index contributed by atoms with van der Waals surface area (Å²) in [6.07, 6.45) is 2.12. The van der Waals surface area contributed by atoms with E-state index in [1.165, 1.54) is 6.26 Å². The van der Waals surface area contributed by atoms with Crippen LogP contribution < -0.4 is 20.7 Å². The van der Waals surface area contributed by atoms with Crippen LogP contribution >= 0.6 is 0 Å². The summed E-state index contributed by atoms with van der Waals surface area (Å²) < 4.78 is 10.7. The number of carbonyl (C=O) groups excluding carboxylic acids is 3. The normalized spacial score (nSPS) is 10.3. The molecule has 0 aliphatic carbocycles. The molecule has 182 valence electrons. The summed E-state index contributed by atoms with van der Waals surface area (Å²) in [4.78, 5) is 37.4. The number of rotatable bonds is 10. The van der Waals surface area contributed by atoms with Crippen molar-refractivity contribution in [2.45, 2.75) is 6.42 Å². The Morgan fingerprint density at radius 1 is 0.778 bits per heavy atom. The fraction of sp³-hybridized carbons (Fsp3) is 0.107. The number of ether oxygens (including phenoxy) is 1. The minimum Gasteiger partial charge on any atom is -0.484 e. The Kier molecular flexibility index (Phi) is 8.11. The average molecular weight is 484 g/mol. The van der Waals surface area contributed by atoms with E-state index >= 15 is 0 Å². The van der Waals surface area contributed by atoms with Crippen LogP contribution in [0.3, 0.4) is 0 Å². The molecule has 0 fully saturated rings. The molecule has 3 aromatic carbocycles. The van der Waals surface area contributed by atoms with Gasteiger partial charge in [0.2, 0.25) is 0 Å².